The van der Waals surface area contributed by atoms with Crippen LogP contribution in [0.15, 0.2) is 42.5 Å². The highest BCUT2D eigenvalue weighted by Gasteiger charge is 2.08. The normalized spacial score (nSPS) is 10.1. The van der Waals surface area contributed by atoms with Crippen molar-refractivity contribution in [3.05, 3.63) is 56.1 Å². The summed E-state index contributed by atoms with van der Waals surface area (Å²) in [5.74, 6) is 0. The lowest BCUT2D eigenvalue weighted by molar-refractivity contribution is -0.384. The Bertz CT molecular complexity index is 602. The molecule has 18 heavy (non-hydrogen) atoms. The fraction of sp³-hybridized carbons (Fsp3) is 0. The Morgan fingerprint density at radius 1 is 1.17 bits per heavy atom. The summed E-state index contributed by atoms with van der Waals surface area (Å²) >= 11 is 2.20. The van der Waals surface area contributed by atoms with E-state index in [-0.39, 0.29) is 5.69 Å². The van der Waals surface area contributed by atoms with Gasteiger partial charge in [0.05, 0.1) is 4.92 Å². The van der Waals surface area contributed by atoms with Crippen molar-refractivity contribution >= 4 is 45.3 Å². The molecule has 92 valence electrons. The standard InChI is InChI=1S/C12H10IN3O2/c13-8-2-1-3-10(4-8)15-11-5-9(14)6-12(7-11)16(17)18/h1-7,15H,14H2. The van der Waals surface area contributed by atoms with Crippen molar-refractivity contribution in [2.24, 2.45) is 0 Å². The third-order valence-electron chi connectivity index (χ3n) is 2.26. The molecule has 2 rings (SSSR count). The third kappa shape index (κ3) is 3.10. The summed E-state index contributed by atoms with van der Waals surface area (Å²) < 4.78 is 1.08. The van der Waals surface area contributed by atoms with Gasteiger partial charge in [-0.05, 0) is 46.9 Å². The molecule has 0 radical (unpaired) electrons. The van der Waals surface area contributed by atoms with Crippen LogP contribution in [0.4, 0.5) is 22.7 Å². The molecule has 0 amide bonds. The number of nitrogen functional groups attached to an aromatic ring is 1. The van der Waals surface area contributed by atoms with Gasteiger partial charge in [0.1, 0.15) is 0 Å². The summed E-state index contributed by atoms with van der Waals surface area (Å²) in [5.41, 5.74) is 7.43. The first-order valence-electron chi connectivity index (χ1n) is 5.12. The van der Waals surface area contributed by atoms with E-state index in [0.29, 0.717) is 11.4 Å². The lowest BCUT2D eigenvalue weighted by Crippen LogP contribution is -1.96. The summed E-state index contributed by atoms with van der Waals surface area (Å²) in [7, 11) is 0. The Morgan fingerprint density at radius 3 is 2.61 bits per heavy atom. The van der Waals surface area contributed by atoms with Crippen LogP contribution in [-0.4, -0.2) is 4.92 Å². The van der Waals surface area contributed by atoms with E-state index in [1.54, 1.807) is 6.07 Å². The number of nitrogens with two attached hydrogens (primary N) is 1. The molecule has 2 aromatic carbocycles. The van der Waals surface area contributed by atoms with Crippen LogP contribution < -0.4 is 11.1 Å². The Morgan fingerprint density at radius 2 is 1.94 bits per heavy atom. The van der Waals surface area contributed by atoms with Crippen LogP contribution >= 0.6 is 22.6 Å². The summed E-state index contributed by atoms with van der Waals surface area (Å²) in [6.07, 6.45) is 0. The molecule has 0 atom stereocenters. The van der Waals surface area contributed by atoms with Crippen molar-refractivity contribution in [3.8, 4) is 0 Å². The smallest absolute Gasteiger partial charge is 0.273 e. The van der Waals surface area contributed by atoms with Crippen molar-refractivity contribution < 1.29 is 4.92 Å². The minimum Gasteiger partial charge on any atom is -0.398 e. The van der Waals surface area contributed by atoms with E-state index in [1.807, 2.05) is 24.3 Å². The van der Waals surface area contributed by atoms with Gasteiger partial charge in [-0.25, -0.2) is 0 Å². The first-order chi connectivity index (χ1) is 8.54. The Kier molecular flexibility index (Phi) is 3.66. The topological polar surface area (TPSA) is 81.2 Å². The molecule has 5 nitrogen and oxygen atoms in total. The Balaban J connectivity index is 2.31. The molecule has 0 spiro atoms. The van der Waals surface area contributed by atoms with Gasteiger partial charge in [-0.15, -0.1) is 0 Å². The van der Waals surface area contributed by atoms with E-state index in [4.69, 9.17) is 5.73 Å². The number of benzene rings is 2. The second kappa shape index (κ2) is 5.21. The minimum atomic E-state index is -0.462. The average molecular weight is 355 g/mol. The predicted molar refractivity (Wildman–Crippen MR) is 80.0 cm³/mol. The number of hydrogen-bond acceptors (Lipinski definition) is 4. The molecule has 0 aliphatic carbocycles. The van der Waals surface area contributed by atoms with Gasteiger partial charge in [-0.3, -0.25) is 10.1 Å². The SMILES string of the molecule is Nc1cc(Nc2cccc(I)c2)cc([N+](=O)[O-])c1. The molecule has 0 bridgehead atoms. The van der Waals surface area contributed by atoms with E-state index >= 15 is 0 Å². The maximum Gasteiger partial charge on any atom is 0.273 e. The second-order valence-electron chi connectivity index (χ2n) is 3.71. The van der Waals surface area contributed by atoms with Crippen molar-refractivity contribution in [1.82, 2.24) is 0 Å². The maximum absolute atomic E-state index is 10.7. The minimum absolute atomic E-state index is 0.0249. The maximum atomic E-state index is 10.7. The summed E-state index contributed by atoms with van der Waals surface area (Å²) in [6, 6.07) is 12.1. The molecular formula is C12H10IN3O2. The van der Waals surface area contributed by atoms with E-state index in [1.165, 1.54) is 12.1 Å². The van der Waals surface area contributed by atoms with Gasteiger partial charge in [0.15, 0.2) is 0 Å². The number of halogens is 1. The highest BCUT2D eigenvalue weighted by Crippen LogP contribution is 2.25. The summed E-state index contributed by atoms with van der Waals surface area (Å²) in [5, 5.41) is 13.8. The summed E-state index contributed by atoms with van der Waals surface area (Å²) in [4.78, 5) is 10.3. The number of non-ortho nitro benzene ring substituents is 1. The zero-order chi connectivity index (χ0) is 13.1. The number of nitro benzene ring substituents is 1. The van der Waals surface area contributed by atoms with Gasteiger partial charge < -0.3 is 11.1 Å². The number of nitrogens with one attached hydrogen (secondary N) is 1. The van der Waals surface area contributed by atoms with Gasteiger partial charge >= 0.3 is 0 Å². The zero-order valence-electron chi connectivity index (χ0n) is 9.26. The fourth-order valence-corrected chi connectivity index (χ4v) is 2.09. The van der Waals surface area contributed by atoms with Crippen LogP contribution in [0.2, 0.25) is 0 Å². The van der Waals surface area contributed by atoms with Crippen molar-refractivity contribution in [1.29, 1.82) is 0 Å². The summed E-state index contributed by atoms with van der Waals surface area (Å²) in [6.45, 7) is 0. The van der Waals surface area contributed by atoms with Crippen molar-refractivity contribution in [2.75, 3.05) is 11.1 Å². The number of nitro groups is 1. The van der Waals surface area contributed by atoms with E-state index in [2.05, 4.69) is 27.9 Å². The fourth-order valence-electron chi connectivity index (χ4n) is 1.55. The molecule has 0 unspecified atom stereocenters. The van der Waals surface area contributed by atoms with Crippen LogP contribution in [0.25, 0.3) is 0 Å². The third-order valence-corrected chi connectivity index (χ3v) is 2.94. The van der Waals surface area contributed by atoms with E-state index < -0.39 is 4.92 Å². The monoisotopic (exact) mass is 355 g/mol. The number of hydrogen-bond donors (Lipinski definition) is 2. The highest BCUT2D eigenvalue weighted by molar-refractivity contribution is 14.1. The Hall–Kier alpha value is -1.83. The van der Waals surface area contributed by atoms with Crippen LogP contribution in [0.3, 0.4) is 0 Å². The van der Waals surface area contributed by atoms with Gasteiger partial charge in [0, 0.05) is 32.8 Å². The van der Waals surface area contributed by atoms with Crippen LogP contribution in [-0.2, 0) is 0 Å². The molecule has 0 saturated heterocycles. The molecule has 0 heterocycles. The lowest BCUT2D eigenvalue weighted by atomic mass is 10.2. The zero-order valence-corrected chi connectivity index (χ0v) is 11.4. The van der Waals surface area contributed by atoms with Gasteiger partial charge in [-0.2, -0.15) is 0 Å². The first kappa shape index (κ1) is 12.6. The largest absolute Gasteiger partial charge is 0.398 e. The van der Waals surface area contributed by atoms with Crippen molar-refractivity contribution in [3.63, 3.8) is 0 Å². The molecule has 0 aromatic heterocycles. The molecule has 0 aliphatic rings. The van der Waals surface area contributed by atoms with Gasteiger partial charge in [0.2, 0.25) is 0 Å². The lowest BCUT2D eigenvalue weighted by Gasteiger charge is -2.07. The number of nitrogens with zero attached hydrogens (tertiary/aromatic N) is 1. The van der Waals surface area contributed by atoms with Gasteiger partial charge in [0.25, 0.3) is 5.69 Å². The van der Waals surface area contributed by atoms with Crippen LogP contribution in [0, 0.1) is 13.7 Å². The quantitative estimate of drug-likeness (QED) is 0.382. The molecule has 6 heteroatoms. The van der Waals surface area contributed by atoms with E-state index in [9.17, 15) is 10.1 Å². The molecule has 2 aromatic rings. The molecule has 0 saturated carbocycles. The molecule has 0 fully saturated rings. The van der Waals surface area contributed by atoms with Crippen molar-refractivity contribution in [2.45, 2.75) is 0 Å². The molecular weight excluding hydrogens is 345 g/mol. The Labute approximate surface area is 117 Å². The number of anilines is 3. The van der Waals surface area contributed by atoms with Gasteiger partial charge in [-0.1, -0.05) is 6.07 Å². The van der Waals surface area contributed by atoms with Crippen LogP contribution in [0.1, 0.15) is 0 Å². The molecule has 0 aliphatic heterocycles. The number of rotatable bonds is 3. The second-order valence-corrected chi connectivity index (χ2v) is 4.95. The van der Waals surface area contributed by atoms with Crippen LogP contribution in [0.5, 0.6) is 0 Å². The first-order valence-corrected chi connectivity index (χ1v) is 6.20. The molecule has 3 N–H and O–H groups in total. The predicted octanol–water partition coefficient (Wildman–Crippen LogP) is 3.53. The highest BCUT2D eigenvalue weighted by atomic mass is 127. The van der Waals surface area contributed by atoms with E-state index in [0.717, 1.165) is 9.26 Å². The average Bonchev–Trinajstić information content (AvgIpc) is 2.28.